The average Bonchev–Trinajstić information content (AvgIpc) is 3.41. The van der Waals surface area contributed by atoms with Crippen molar-refractivity contribution in [1.82, 2.24) is 25.2 Å². The number of sulfonamides is 1. The van der Waals surface area contributed by atoms with Crippen LogP contribution in [0.25, 0.3) is 5.69 Å². The number of para-hydroxylation sites is 1. The molecule has 11 nitrogen and oxygen atoms in total. The van der Waals surface area contributed by atoms with Gasteiger partial charge in [0.25, 0.3) is 15.9 Å². The van der Waals surface area contributed by atoms with Gasteiger partial charge in [-0.15, -0.1) is 5.10 Å². The van der Waals surface area contributed by atoms with Crippen molar-refractivity contribution >= 4 is 33.4 Å². The summed E-state index contributed by atoms with van der Waals surface area (Å²) in [5, 5.41) is 9.70. The first-order valence-electron chi connectivity index (χ1n) is 10.1. The fourth-order valence-corrected chi connectivity index (χ4v) is 5.18. The van der Waals surface area contributed by atoms with Crippen molar-refractivity contribution in [2.75, 3.05) is 4.72 Å². The summed E-state index contributed by atoms with van der Waals surface area (Å²) in [6.45, 7) is 0.0370. The van der Waals surface area contributed by atoms with E-state index in [1.54, 1.807) is 48.5 Å². The molecule has 1 saturated heterocycles. The van der Waals surface area contributed by atoms with Crippen molar-refractivity contribution in [3.63, 3.8) is 0 Å². The van der Waals surface area contributed by atoms with Crippen LogP contribution in [0.2, 0.25) is 0 Å². The summed E-state index contributed by atoms with van der Waals surface area (Å²) >= 11 is 0. The minimum Gasteiger partial charge on any atom is -0.322 e. The minimum atomic E-state index is -4.11. The number of hydrogen-bond donors (Lipinski definition) is 2. The number of rotatable bonds is 5. The Morgan fingerprint density at radius 2 is 1.82 bits per heavy atom. The summed E-state index contributed by atoms with van der Waals surface area (Å²) in [5.41, 5.74) is 1.49. The molecule has 2 aromatic carbocycles. The lowest BCUT2D eigenvalue weighted by molar-refractivity contribution is -0.136. The lowest BCUT2D eigenvalue weighted by Gasteiger charge is -2.29. The molecule has 1 atom stereocenters. The highest BCUT2D eigenvalue weighted by Gasteiger charge is 2.40. The summed E-state index contributed by atoms with van der Waals surface area (Å²) in [6.07, 6.45) is 1.49. The van der Waals surface area contributed by atoms with Gasteiger partial charge in [-0.1, -0.05) is 29.5 Å². The molecule has 0 bridgehead atoms. The molecule has 168 valence electrons. The van der Waals surface area contributed by atoms with Crippen LogP contribution in [0.15, 0.2) is 59.8 Å². The number of aromatic nitrogens is 3. The molecular weight excluding hydrogens is 448 g/mol. The second kappa shape index (κ2) is 7.81. The molecule has 2 N–H and O–H groups in total. The maximum atomic E-state index is 13.2. The third kappa shape index (κ3) is 3.63. The van der Waals surface area contributed by atoms with Gasteiger partial charge in [-0.05, 0) is 30.7 Å². The monoisotopic (exact) mass is 466 g/mol. The number of fused-ring (bicyclic) bond motifs is 1. The number of nitrogens with zero attached hydrogens (tertiary/aromatic N) is 4. The SMILES string of the molecule is O=C1CCC(N2Cc3c(NS(=O)(=O)c4cnnn4-c4ccccc4)cccc3C2=O)C(=O)N1. The van der Waals surface area contributed by atoms with Gasteiger partial charge in [0.2, 0.25) is 11.8 Å². The van der Waals surface area contributed by atoms with Gasteiger partial charge in [0.15, 0.2) is 5.03 Å². The summed E-state index contributed by atoms with van der Waals surface area (Å²) in [4.78, 5) is 38.1. The van der Waals surface area contributed by atoms with Crippen molar-refractivity contribution in [3.05, 3.63) is 65.9 Å². The molecular formula is C21H18N6O5S. The lowest BCUT2D eigenvalue weighted by atomic mass is 10.0. The number of amides is 3. The van der Waals surface area contributed by atoms with Gasteiger partial charge in [-0.25, -0.2) is 0 Å². The van der Waals surface area contributed by atoms with Crippen LogP contribution in [0.3, 0.4) is 0 Å². The first kappa shape index (κ1) is 20.8. The van der Waals surface area contributed by atoms with Gasteiger partial charge >= 0.3 is 0 Å². The van der Waals surface area contributed by atoms with Crippen LogP contribution >= 0.6 is 0 Å². The first-order chi connectivity index (χ1) is 15.8. The second-order valence-electron chi connectivity index (χ2n) is 7.66. The third-order valence-electron chi connectivity index (χ3n) is 5.62. The van der Waals surface area contributed by atoms with Gasteiger partial charge in [-0.2, -0.15) is 13.1 Å². The highest BCUT2D eigenvalue weighted by atomic mass is 32.2. The molecule has 0 aliphatic carbocycles. The number of anilines is 1. The Morgan fingerprint density at radius 3 is 2.58 bits per heavy atom. The lowest BCUT2D eigenvalue weighted by Crippen LogP contribution is -2.52. The Bertz CT molecular complexity index is 1390. The topological polar surface area (TPSA) is 143 Å². The Morgan fingerprint density at radius 1 is 1.03 bits per heavy atom. The zero-order valence-corrected chi connectivity index (χ0v) is 17.9. The number of carbonyl (C=O) groups excluding carboxylic acids is 3. The van der Waals surface area contributed by atoms with Crippen molar-refractivity contribution in [3.8, 4) is 5.69 Å². The van der Waals surface area contributed by atoms with E-state index >= 15 is 0 Å². The largest absolute Gasteiger partial charge is 0.322 e. The highest BCUT2D eigenvalue weighted by Crippen LogP contribution is 2.33. The van der Waals surface area contributed by atoms with Crippen LogP contribution in [0.4, 0.5) is 5.69 Å². The normalized spacial score (nSPS) is 18.2. The van der Waals surface area contributed by atoms with E-state index < -0.39 is 27.9 Å². The van der Waals surface area contributed by atoms with E-state index in [-0.39, 0.29) is 36.0 Å². The number of nitrogens with one attached hydrogen (secondary N) is 2. The van der Waals surface area contributed by atoms with Gasteiger partial charge < -0.3 is 4.90 Å². The van der Waals surface area contributed by atoms with Crippen LogP contribution in [-0.4, -0.2) is 52.1 Å². The Balaban J connectivity index is 1.45. The van der Waals surface area contributed by atoms with E-state index in [1.165, 1.54) is 9.58 Å². The van der Waals surface area contributed by atoms with Crippen LogP contribution < -0.4 is 10.0 Å². The zero-order chi connectivity index (χ0) is 23.2. The molecule has 3 amide bonds. The van der Waals surface area contributed by atoms with Gasteiger partial charge in [0.05, 0.1) is 17.6 Å². The zero-order valence-electron chi connectivity index (χ0n) is 17.1. The van der Waals surface area contributed by atoms with Gasteiger partial charge in [0, 0.05) is 24.1 Å². The molecule has 1 fully saturated rings. The molecule has 0 saturated carbocycles. The van der Waals surface area contributed by atoms with E-state index in [0.717, 1.165) is 6.20 Å². The van der Waals surface area contributed by atoms with Crippen LogP contribution in [-0.2, 0) is 26.2 Å². The molecule has 12 heteroatoms. The predicted molar refractivity (Wildman–Crippen MR) is 115 cm³/mol. The quantitative estimate of drug-likeness (QED) is 0.530. The molecule has 0 spiro atoms. The van der Waals surface area contributed by atoms with E-state index in [0.29, 0.717) is 16.8 Å². The van der Waals surface area contributed by atoms with E-state index in [2.05, 4.69) is 20.4 Å². The van der Waals surface area contributed by atoms with Gasteiger partial charge in [-0.3, -0.25) is 24.4 Å². The maximum Gasteiger partial charge on any atom is 0.281 e. The smallest absolute Gasteiger partial charge is 0.281 e. The van der Waals surface area contributed by atoms with Crippen molar-refractivity contribution in [1.29, 1.82) is 0 Å². The van der Waals surface area contributed by atoms with E-state index in [4.69, 9.17) is 0 Å². The van der Waals surface area contributed by atoms with Gasteiger partial charge in [0.1, 0.15) is 6.04 Å². The molecule has 1 aromatic heterocycles. The molecule has 0 radical (unpaired) electrons. The molecule has 3 aromatic rings. The van der Waals surface area contributed by atoms with Crippen LogP contribution in [0.5, 0.6) is 0 Å². The standard InChI is InChI=1S/C21H18N6O5S/c28-18-10-9-17(20(29)23-18)26-12-15-14(21(26)30)7-4-8-16(15)24-33(31,32)19-11-22-25-27(19)13-5-2-1-3-6-13/h1-8,11,17,24H,9-10,12H2,(H,23,28,29). The molecule has 5 rings (SSSR count). The number of hydrogen-bond acceptors (Lipinski definition) is 7. The summed E-state index contributed by atoms with van der Waals surface area (Å²) in [6, 6.07) is 12.6. The summed E-state index contributed by atoms with van der Waals surface area (Å²) in [5.74, 6) is -1.30. The number of carbonyl (C=O) groups is 3. The van der Waals surface area contributed by atoms with Crippen LogP contribution in [0.1, 0.15) is 28.8 Å². The second-order valence-corrected chi connectivity index (χ2v) is 9.29. The average molecular weight is 466 g/mol. The minimum absolute atomic E-state index is 0.0370. The Kier molecular flexibility index (Phi) is 4.93. The number of imide groups is 1. The molecule has 33 heavy (non-hydrogen) atoms. The Labute approximate surface area is 188 Å². The fourth-order valence-electron chi connectivity index (χ4n) is 4.04. The number of piperidine rings is 1. The maximum absolute atomic E-state index is 13.2. The van der Waals surface area contributed by atoms with E-state index in [1.807, 2.05) is 0 Å². The van der Waals surface area contributed by atoms with Crippen molar-refractivity contribution < 1.29 is 22.8 Å². The summed E-state index contributed by atoms with van der Waals surface area (Å²) < 4.78 is 30.1. The molecule has 1 unspecified atom stereocenters. The predicted octanol–water partition coefficient (Wildman–Crippen LogP) is 0.829. The third-order valence-corrected chi connectivity index (χ3v) is 6.94. The highest BCUT2D eigenvalue weighted by molar-refractivity contribution is 7.92. The Hall–Kier alpha value is -4.06. The van der Waals surface area contributed by atoms with Crippen molar-refractivity contribution in [2.24, 2.45) is 0 Å². The van der Waals surface area contributed by atoms with Crippen molar-refractivity contribution in [2.45, 2.75) is 30.5 Å². The molecule has 3 heterocycles. The van der Waals surface area contributed by atoms with Crippen LogP contribution in [0, 0.1) is 0 Å². The molecule has 2 aliphatic heterocycles. The van der Waals surface area contributed by atoms with E-state index in [9.17, 15) is 22.8 Å². The first-order valence-corrected chi connectivity index (χ1v) is 11.6. The number of benzene rings is 2. The fraction of sp³-hybridized carbons (Fsp3) is 0.190. The molecule has 2 aliphatic rings. The summed E-state index contributed by atoms with van der Waals surface area (Å²) in [7, 11) is -4.11.